The van der Waals surface area contributed by atoms with E-state index < -0.39 is 59.9 Å². The number of ketones is 1. The molecule has 4 aliphatic rings. The molecular formula is C28H33F3N4O6. The molecule has 4 fully saturated rings. The summed E-state index contributed by atoms with van der Waals surface area (Å²) >= 11 is 0. The Balaban J connectivity index is 1.27. The van der Waals surface area contributed by atoms with Crippen LogP contribution in [0.5, 0.6) is 5.75 Å². The number of benzene rings is 1. The molecular weight excluding hydrogens is 545 g/mol. The number of halogens is 3. The number of fused-ring (bicyclic) bond motifs is 1. The molecule has 2 saturated carbocycles. The van der Waals surface area contributed by atoms with Gasteiger partial charge in [0, 0.05) is 25.0 Å². The van der Waals surface area contributed by atoms with Crippen LogP contribution in [-0.4, -0.2) is 72.1 Å². The van der Waals surface area contributed by atoms with Crippen molar-refractivity contribution in [2.45, 2.75) is 63.8 Å². The fourth-order valence-corrected chi connectivity index (χ4v) is 6.10. The zero-order chi connectivity index (χ0) is 29.7. The van der Waals surface area contributed by atoms with E-state index in [2.05, 4.69) is 16.0 Å². The van der Waals surface area contributed by atoms with Gasteiger partial charge in [-0.3, -0.25) is 24.0 Å². The summed E-state index contributed by atoms with van der Waals surface area (Å²) in [6.07, 6.45) is -2.53. The van der Waals surface area contributed by atoms with Crippen molar-refractivity contribution >= 4 is 29.4 Å². The number of nitrogens with zero attached hydrogens (tertiary/aromatic N) is 1. The molecule has 222 valence electrons. The first-order valence-electron chi connectivity index (χ1n) is 13.8. The highest BCUT2D eigenvalue weighted by molar-refractivity contribution is 6.38. The number of nitrogens with one attached hydrogen (secondary N) is 3. The van der Waals surface area contributed by atoms with Crippen LogP contribution in [0.1, 0.15) is 45.1 Å². The lowest BCUT2D eigenvalue weighted by Crippen LogP contribution is -2.56. The van der Waals surface area contributed by atoms with Crippen LogP contribution in [0.3, 0.4) is 0 Å². The van der Waals surface area contributed by atoms with E-state index in [0.29, 0.717) is 13.0 Å². The van der Waals surface area contributed by atoms with Crippen molar-refractivity contribution in [1.82, 2.24) is 20.9 Å². The molecule has 1 aromatic rings. The maximum atomic E-state index is 13.7. The highest BCUT2D eigenvalue weighted by atomic mass is 19.4. The van der Waals surface area contributed by atoms with Gasteiger partial charge < -0.3 is 25.6 Å². The number of likely N-dealkylation sites (tertiary alicyclic amines) is 1. The third-order valence-corrected chi connectivity index (χ3v) is 8.79. The van der Waals surface area contributed by atoms with Gasteiger partial charge in [0.15, 0.2) is 6.61 Å². The summed E-state index contributed by atoms with van der Waals surface area (Å²) in [6.45, 7) is 4.18. The average Bonchev–Trinajstić information content (AvgIpc) is 3.68. The van der Waals surface area contributed by atoms with Crippen LogP contribution < -0.4 is 20.7 Å². The molecule has 0 bridgehead atoms. The van der Waals surface area contributed by atoms with Crippen molar-refractivity contribution in [2.75, 3.05) is 19.7 Å². The molecule has 0 radical (unpaired) electrons. The minimum Gasteiger partial charge on any atom is -0.484 e. The van der Waals surface area contributed by atoms with Crippen LogP contribution in [-0.2, 0) is 30.1 Å². The fourth-order valence-electron chi connectivity index (χ4n) is 6.10. The number of carbonyl (C=O) groups is 5. The summed E-state index contributed by atoms with van der Waals surface area (Å²) in [5.74, 6) is -3.66. The smallest absolute Gasteiger partial charge is 0.416 e. The first kappa shape index (κ1) is 28.9. The minimum atomic E-state index is -4.50. The first-order valence-corrected chi connectivity index (χ1v) is 13.8. The molecule has 2 heterocycles. The molecule has 5 atom stereocenters. The Morgan fingerprint density at radius 1 is 1.12 bits per heavy atom. The molecule has 0 spiro atoms. The quantitative estimate of drug-likeness (QED) is 0.360. The van der Waals surface area contributed by atoms with E-state index >= 15 is 0 Å². The minimum absolute atomic E-state index is 0.0289. The van der Waals surface area contributed by atoms with Gasteiger partial charge >= 0.3 is 6.18 Å². The van der Waals surface area contributed by atoms with Crippen LogP contribution in [0.2, 0.25) is 0 Å². The van der Waals surface area contributed by atoms with Crippen LogP contribution in [0.15, 0.2) is 24.3 Å². The van der Waals surface area contributed by atoms with Crippen molar-refractivity contribution in [1.29, 1.82) is 0 Å². The molecule has 0 aromatic heterocycles. The molecule has 1 aromatic carbocycles. The normalized spacial score (nSPS) is 27.0. The van der Waals surface area contributed by atoms with E-state index in [1.54, 1.807) is 0 Å². The SMILES string of the molecule is CC1(C)[C@@H]2[C@@H](C(=O)N[C@@H](C[C@@H]3CCNC3=O)C(=O)C(=O)NC3CC3)N(C(=O)COc3ccc(C(F)(F)F)cc3)C[C@@H]21. The monoisotopic (exact) mass is 578 g/mol. The summed E-state index contributed by atoms with van der Waals surface area (Å²) in [6, 6.07) is 1.70. The Morgan fingerprint density at radius 3 is 2.39 bits per heavy atom. The van der Waals surface area contributed by atoms with Crippen LogP contribution in [0.4, 0.5) is 13.2 Å². The number of piperidine rings is 1. The number of rotatable bonds is 10. The largest absolute Gasteiger partial charge is 0.484 e. The van der Waals surface area contributed by atoms with Gasteiger partial charge in [-0.15, -0.1) is 0 Å². The highest BCUT2D eigenvalue weighted by Crippen LogP contribution is 2.64. The van der Waals surface area contributed by atoms with E-state index in [1.807, 2.05) is 13.8 Å². The number of carbonyl (C=O) groups excluding carboxylic acids is 5. The number of hydrogen-bond donors (Lipinski definition) is 3. The Kier molecular flexibility index (Phi) is 7.49. The van der Waals surface area contributed by atoms with Gasteiger partial charge in [-0.05, 0) is 67.2 Å². The number of hydrogen-bond acceptors (Lipinski definition) is 6. The third-order valence-electron chi connectivity index (χ3n) is 8.79. The van der Waals surface area contributed by atoms with Gasteiger partial charge in [0.1, 0.15) is 11.8 Å². The predicted molar refractivity (Wildman–Crippen MR) is 137 cm³/mol. The maximum Gasteiger partial charge on any atom is 0.416 e. The molecule has 41 heavy (non-hydrogen) atoms. The lowest BCUT2D eigenvalue weighted by Gasteiger charge is -2.31. The topological polar surface area (TPSA) is 134 Å². The molecule has 3 N–H and O–H groups in total. The summed E-state index contributed by atoms with van der Waals surface area (Å²) in [7, 11) is 0. The average molecular weight is 579 g/mol. The molecule has 5 rings (SSSR count). The van der Waals surface area contributed by atoms with Gasteiger partial charge in [-0.1, -0.05) is 13.8 Å². The number of ether oxygens (including phenoxy) is 1. The van der Waals surface area contributed by atoms with E-state index in [4.69, 9.17) is 4.74 Å². The Morgan fingerprint density at radius 2 is 1.80 bits per heavy atom. The van der Waals surface area contributed by atoms with Crippen molar-refractivity contribution in [3.63, 3.8) is 0 Å². The summed E-state index contributed by atoms with van der Waals surface area (Å²) in [5.41, 5.74) is -1.08. The van der Waals surface area contributed by atoms with Crippen molar-refractivity contribution in [3.05, 3.63) is 29.8 Å². The Labute approximate surface area is 234 Å². The molecule has 4 amide bonds. The van der Waals surface area contributed by atoms with Crippen molar-refractivity contribution < 1.29 is 41.9 Å². The fraction of sp³-hybridized carbons (Fsp3) is 0.607. The molecule has 2 saturated heterocycles. The Bertz CT molecular complexity index is 1250. The van der Waals surface area contributed by atoms with Gasteiger partial charge in [0.2, 0.25) is 17.6 Å². The molecule has 2 aliphatic heterocycles. The second-order valence-corrected chi connectivity index (χ2v) is 11.9. The van der Waals surface area contributed by atoms with E-state index in [-0.39, 0.29) is 47.9 Å². The molecule has 13 heteroatoms. The van der Waals surface area contributed by atoms with Gasteiger partial charge in [-0.2, -0.15) is 13.2 Å². The van der Waals surface area contributed by atoms with E-state index in [1.165, 1.54) is 4.90 Å². The first-order chi connectivity index (χ1) is 19.3. The summed E-state index contributed by atoms with van der Waals surface area (Å²) in [4.78, 5) is 66.1. The van der Waals surface area contributed by atoms with Gasteiger partial charge in [-0.25, -0.2) is 0 Å². The van der Waals surface area contributed by atoms with Crippen LogP contribution >= 0.6 is 0 Å². The van der Waals surface area contributed by atoms with Gasteiger partial charge in [0.05, 0.1) is 11.6 Å². The second-order valence-electron chi connectivity index (χ2n) is 11.9. The van der Waals surface area contributed by atoms with Crippen LogP contribution in [0, 0.1) is 23.2 Å². The Hall–Kier alpha value is -3.64. The lowest BCUT2D eigenvalue weighted by molar-refractivity contribution is -0.144. The second kappa shape index (κ2) is 10.6. The number of alkyl halides is 3. The molecule has 0 unspecified atom stereocenters. The number of amides is 4. The standard InChI is InChI=1S/C28H33F3N4O6/c1-27(2)18-12-35(20(36)13-41-17-7-3-15(4-8-17)28(29,30)31)22(21(18)27)25(39)34-19(11-14-9-10-32-24(14)38)23(37)26(40)33-16-5-6-16/h3-4,7-8,14,16,18-19,21-22H,5-6,9-13H2,1-2H3,(H,32,38)(H,33,40)(H,34,39)/t14-,18-,19-,21-,22-/m0/s1. The third kappa shape index (κ3) is 6.03. The highest BCUT2D eigenvalue weighted by Gasteiger charge is 2.69. The van der Waals surface area contributed by atoms with E-state index in [0.717, 1.165) is 37.1 Å². The van der Waals surface area contributed by atoms with Crippen LogP contribution in [0.25, 0.3) is 0 Å². The zero-order valence-electron chi connectivity index (χ0n) is 22.8. The molecule has 2 aliphatic carbocycles. The van der Waals surface area contributed by atoms with E-state index in [9.17, 15) is 37.1 Å². The van der Waals surface area contributed by atoms with Crippen molar-refractivity contribution in [2.24, 2.45) is 23.2 Å². The van der Waals surface area contributed by atoms with Crippen molar-refractivity contribution in [3.8, 4) is 5.75 Å². The molecule has 10 nitrogen and oxygen atoms in total. The summed E-state index contributed by atoms with van der Waals surface area (Å²) in [5, 5.41) is 8.01. The lowest BCUT2D eigenvalue weighted by atomic mass is 9.94. The zero-order valence-corrected chi connectivity index (χ0v) is 22.8. The van der Waals surface area contributed by atoms with Gasteiger partial charge in [0.25, 0.3) is 11.8 Å². The number of Topliss-reactive ketones (excluding diaryl/α,β-unsaturated/α-hetero) is 1. The predicted octanol–water partition coefficient (Wildman–Crippen LogP) is 1.43. The summed E-state index contributed by atoms with van der Waals surface area (Å²) < 4.78 is 43.9. The maximum absolute atomic E-state index is 13.7.